The van der Waals surface area contributed by atoms with Gasteiger partial charge in [-0.05, 0) is 29.8 Å². The van der Waals surface area contributed by atoms with Crippen molar-refractivity contribution in [3.05, 3.63) is 71.5 Å². The summed E-state index contributed by atoms with van der Waals surface area (Å²) in [5, 5.41) is 13.0. The maximum atomic E-state index is 11.6. The molecule has 0 N–H and O–H groups in total. The third-order valence-electron chi connectivity index (χ3n) is 3.46. The van der Waals surface area contributed by atoms with Gasteiger partial charge >= 0.3 is 5.97 Å². The Labute approximate surface area is 144 Å². The number of benzene rings is 1. The molecule has 0 aliphatic rings. The van der Waals surface area contributed by atoms with Crippen LogP contribution in [0.3, 0.4) is 0 Å². The number of rotatable bonds is 5. The summed E-state index contributed by atoms with van der Waals surface area (Å²) in [7, 11) is 1.32. The van der Waals surface area contributed by atoms with E-state index in [9.17, 15) is 4.79 Å². The Morgan fingerprint density at radius 3 is 2.72 bits per heavy atom. The van der Waals surface area contributed by atoms with Crippen molar-refractivity contribution in [2.45, 2.75) is 6.61 Å². The molecule has 3 rings (SSSR count). The minimum atomic E-state index is -0.448. The summed E-state index contributed by atoms with van der Waals surface area (Å²) < 4.78 is 12.0. The highest BCUT2D eigenvalue weighted by molar-refractivity contribution is 5.89. The summed E-state index contributed by atoms with van der Waals surface area (Å²) in [6, 6.07) is 14.0. The molecule has 0 saturated heterocycles. The van der Waals surface area contributed by atoms with Crippen LogP contribution in [0.2, 0.25) is 0 Å². The molecule has 7 nitrogen and oxygen atoms in total. The molecule has 2 heterocycles. The molecular formula is C18H14N4O3. The van der Waals surface area contributed by atoms with Crippen molar-refractivity contribution in [1.82, 2.24) is 14.8 Å². The van der Waals surface area contributed by atoms with Crippen LogP contribution in [-0.2, 0) is 11.3 Å². The summed E-state index contributed by atoms with van der Waals surface area (Å²) in [5.41, 5.74) is 1.89. The van der Waals surface area contributed by atoms with Gasteiger partial charge in [0, 0.05) is 12.3 Å². The number of aromatic nitrogens is 3. The third-order valence-corrected chi connectivity index (χ3v) is 3.46. The minimum absolute atomic E-state index is 0.314. The second-order valence-corrected chi connectivity index (χ2v) is 5.07. The molecule has 0 saturated carbocycles. The number of esters is 1. The van der Waals surface area contributed by atoms with Crippen LogP contribution in [0.15, 0.2) is 54.9 Å². The highest BCUT2D eigenvalue weighted by atomic mass is 16.5. The lowest BCUT2D eigenvalue weighted by Crippen LogP contribution is -2.07. The standard InChI is InChI=1S/C18H14N4O3/c1-24-18(23)15-6-8-20-16(10-15)22-17(7-9-21-22)25-12-14-4-2-13(11-19)3-5-14/h2-10H,12H2,1H3. The number of ether oxygens (including phenoxy) is 2. The van der Waals surface area contributed by atoms with E-state index >= 15 is 0 Å². The van der Waals surface area contributed by atoms with Crippen LogP contribution in [0, 0.1) is 11.3 Å². The number of hydrogen-bond donors (Lipinski definition) is 0. The second kappa shape index (κ2) is 7.27. The van der Waals surface area contributed by atoms with Gasteiger partial charge in [0.2, 0.25) is 5.88 Å². The van der Waals surface area contributed by atoms with Gasteiger partial charge in [-0.2, -0.15) is 15.0 Å². The molecule has 0 atom stereocenters. The highest BCUT2D eigenvalue weighted by Gasteiger charge is 2.11. The van der Waals surface area contributed by atoms with Crippen molar-refractivity contribution in [3.8, 4) is 17.8 Å². The quantitative estimate of drug-likeness (QED) is 0.666. The molecule has 0 aliphatic carbocycles. The second-order valence-electron chi connectivity index (χ2n) is 5.07. The van der Waals surface area contributed by atoms with Crippen molar-refractivity contribution >= 4 is 5.97 Å². The van der Waals surface area contributed by atoms with E-state index in [2.05, 4.69) is 16.2 Å². The van der Waals surface area contributed by atoms with E-state index in [1.807, 2.05) is 12.1 Å². The van der Waals surface area contributed by atoms with Crippen molar-refractivity contribution in [3.63, 3.8) is 0 Å². The van der Waals surface area contributed by atoms with E-state index in [0.29, 0.717) is 29.4 Å². The molecule has 0 bridgehead atoms. The van der Waals surface area contributed by atoms with E-state index in [0.717, 1.165) is 5.56 Å². The maximum absolute atomic E-state index is 11.6. The first-order chi connectivity index (χ1) is 12.2. The molecule has 0 radical (unpaired) electrons. The predicted molar refractivity (Wildman–Crippen MR) is 88.2 cm³/mol. The van der Waals surface area contributed by atoms with E-state index in [-0.39, 0.29) is 0 Å². The summed E-state index contributed by atoms with van der Waals surface area (Å²) in [5.74, 6) is 0.484. The third kappa shape index (κ3) is 3.64. The van der Waals surface area contributed by atoms with Gasteiger partial charge in [-0.15, -0.1) is 0 Å². The van der Waals surface area contributed by atoms with Gasteiger partial charge in [-0.25, -0.2) is 9.78 Å². The monoisotopic (exact) mass is 334 g/mol. The summed E-state index contributed by atoms with van der Waals surface area (Å²) in [6.45, 7) is 0.314. The molecule has 25 heavy (non-hydrogen) atoms. The van der Waals surface area contributed by atoms with Crippen LogP contribution in [-0.4, -0.2) is 27.8 Å². The molecule has 2 aromatic heterocycles. The van der Waals surface area contributed by atoms with Gasteiger partial charge in [-0.1, -0.05) is 12.1 Å². The van der Waals surface area contributed by atoms with Gasteiger partial charge in [0.1, 0.15) is 6.61 Å². The van der Waals surface area contributed by atoms with Crippen molar-refractivity contribution in [2.75, 3.05) is 7.11 Å². The lowest BCUT2D eigenvalue weighted by atomic mass is 10.2. The van der Waals surface area contributed by atoms with E-state index in [4.69, 9.17) is 14.7 Å². The van der Waals surface area contributed by atoms with Crippen molar-refractivity contribution in [2.24, 2.45) is 0 Å². The highest BCUT2D eigenvalue weighted by Crippen LogP contribution is 2.18. The zero-order chi connectivity index (χ0) is 17.6. The average Bonchev–Trinajstić information content (AvgIpc) is 3.15. The van der Waals surface area contributed by atoms with Crippen LogP contribution in [0.5, 0.6) is 5.88 Å². The largest absolute Gasteiger partial charge is 0.473 e. The van der Waals surface area contributed by atoms with Gasteiger partial charge in [-0.3, -0.25) is 0 Å². The Morgan fingerprint density at radius 1 is 1.20 bits per heavy atom. The van der Waals surface area contributed by atoms with Crippen LogP contribution in [0.25, 0.3) is 5.82 Å². The van der Waals surface area contributed by atoms with Crippen LogP contribution < -0.4 is 4.74 Å². The lowest BCUT2D eigenvalue weighted by molar-refractivity contribution is 0.0600. The smallest absolute Gasteiger partial charge is 0.338 e. The van der Waals surface area contributed by atoms with Gasteiger partial charge in [0.15, 0.2) is 5.82 Å². The molecule has 0 aliphatic heterocycles. The molecule has 0 spiro atoms. The van der Waals surface area contributed by atoms with E-state index in [1.54, 1.807) is 36.5 Å². The molecule has 124 valence electrons. The number of nitrogens with zero attached hydrogens (tertiary/aromatic N) is 4. The summed E-state index contributed by atoms with van der Waals surface area (Å²) in [6.07, 6.45) is 3.09. The fourth-order valence-electron chi connectivity index (χ4n) is 2.18. The van der Waals surface area contributed by atoms with Gasteiger partial charge in [0.05, 0.1) is 30.5 Å². The molecule has 1 aromatic carbocycles. The first-order valence-electron chi connectivity index (χ1n) is 7.42. The number of nitriles is 1. The number of pyridine rings is 1. The fraction of sp³-hybridized carbons (Fsp3) is 0.111. The fourth-order valence-corrected chi connectivity index (χ4v) is 2.18. The normalized spacial score (nSPS) is 10.1. The average molecular weight is 334 g/mol. The summed E-state index contributed by atoms with van der Waals surface area (Å²) in [4.78, 5) is 15.9. The first-order valence-corrected chi connectivity index (χ1v) is 7.42. The number of methoxy groups -OCH3 is 1. The molecule has 3 aromatic rings. The van der Waals surface area contributed by atoms with Crippen molar-refractivity contribution < 1.29 is 14.3 Å². The van der Waals surface area contributed by atoms with Crippen LogP contribution >= 0.6 is 0 Å². The van der Waals surface area contributed by atoms with Crippen molar-refractivity contribution in [1.29, 1.82) is 5.26 Å². The molecular weight excluding hydrogens is 320 g/mol. The molecule has 7 heteroatoms. The van der Waals surface area contributed by atoms with Gasteiger partial charge in [0.25, 0.3) is 0 Å². The van der Waals surface area contributed by atoms with Gasteiger partial charge < -0.3 is 9.47 Å². The van der Waals surface area contributed by atoms with E-state index in [1.165, 1.54) is 18.0 Å². The Kier molecular flexibility index (Phi) is 4.72. The summed E-state index contributed by atoms with van der Waals surface area (Å²) >= 11 is 0. The van der Waals surface area contributed by atoms with Crippen LogP contribution in [0.4, 0.5) is 0 Å². The topological polar surface area (TPSA) is 90.0 Å². The predicted octanol–water partition coefficient (Wildman–Crippen LogP) is 2.50. The number of carbonyl (C=O) groups excluding carboxylic acids is 1. The minimum Gasteiger partial charge on any atom is -0.473 e. The number of carbonyl (C=O) groups is 1. The maximum Gasteiger partial charge on any atom is 0.338 e. The molecule has 0 fully saturated rings. The molecule has 0 amide bonds. The Bertz CT molecular complexity index is 926. The SMILES string of the molecule is COC(=O)c1ccnc(-n2nccc2OCc2ccc(C#N)cc2)c1. The van der Waals surface area contributed by atoms with E-state index < -0.39 is 5.97 Å². The number of hydrogen-bond acceptors (Lipinski definition) is 6. The van der Waals surface area contributed by atoms with Crippen LogP contribution in [0.1, 0.15) is 21.5 Å². The lowest BCUT2D eigenvalue weighted by Gasteiger charge is -2.09. The zero-order valence-corrected chi connectivity index (χ0v) is 13.4. The molecule has 0 unspecified atom stereocenters. The Balaban J connectivity index is 1.78. The Morgan fingerprint density at radius 2 is 2.00 bits per heavy atom. The Hall–Kier alpha value is -3.66. The zero-order valence-electron chi connectivity index (χ0n) is 13.4. The first kappa shape index (κ1) is 16.2.